The van der Waals surface area contributed by atoms with Crippen LogP contribution in [0.2, 0.25) is 0 Å². The number of halogens is 1. The summed E-state index contributed by atoms with van der Waals surface area (Å²) in [5, 5.41) is 8.19. The first-order valence-corrected chi connectivity index (χ1v) is 9.56. The van der Waals surface area contributed by atoms with Crippen LogP contribution in [0.4, 0.5) is 0 Å². The summed E-state index contributed by atoms with van der Waals surface area (Å²) in [5.74, 6) is -1.66. The topological polar surface area (TPSA) is 131 Å². The molecule has 2 unspecified atom stereocenters. The van der Waals surface area contributed by atoms with E-state index in [0.29, 0.717) is 22.6 Å². The summed E-state index contributed by atoms with van der Waals surface area (Å²) in [6.07, 6.45) is 1.68. The van der Waals surface area contributed by atoms with E-state index in [-0.39, 0.29) is 61.5 Å². The first-order chi connectivity index (χ1) is 12.9. The highest BCUT2D eigenvalue weighted by atomic mass is 127. The molecule has 1 heterocycles. The molecule has 8 nitrogen and oxygen atoms in total. The van der Waals surface area contributed by atoms with Gasteiger partial charge in [-0.15, -0.1) is 35.7 Å². The van der Waals surface area contributed by atoms with Gasteiger partial charge in [0.25, 0.3) is 0 Å². The van der Waals surface area contributed by atoms with Gasteiger partial charge >= 0.3 is 5.97 Å². The van der Waals surface area contributed by atoms with E-state index in [1.165, 1.54) is 16.7 Å². The highest BCUT2D eigenvalue weighted by molar-refractivity contribution is 14.0. The van der Waals surface area contributed by atoms with Crippen molar-refractivity contribution in [1.82, 2.24) is 4.90 Å². The Labute approximate surface area is 184 Å². The molecule has 0 bridgehead atoms. The molecule has 0 aromatic heterocycles. The van der Waals surface area contributed by atoms with Crippen molar-refractivity contribution in [3.05, 3.63) is 35.4 Å². The molecule has 1 fully saturated rings. The van der Waals surface area contributed by atoms with Gasteiger partial charge in [-0.25, -0.2) is 4.79 Å². The van der Waals surface area contributed by atoms with E-state index < -0.39 is 18.1 Å². The maximum Gasteiger partial charge on any atom is 0.371 e. The third-order valence-corrected chi connectivity index (χ3v) is 5.01. The zero-order valence-corrected chi connectivity index (χ0v) is 18.4. The highest BCUT2D eigenvalue weighted by Crippen LogP contribution is 2.24. The minimum Gasteiger partial charge on any atom is -0.457 e. The van der Waals surface area contributed by atoms with Crippen molar-refractivity contribution in [2.45, 2.75) is 25.0 Å². The normalized spacial score (nSPS) is 18.6. The van der Waals surface area contributed by atoms with Gasteiger partial charge in [-0.3, -0.25) is 19.8 Å². The fourth-order valence-electron chi connectivity index (χ4n) is 2.99. The summed E-state index contributed by atoms with van der Waals surface area (Å²) in [7, 11) is 0. The average Bonchev–Trinajstić information content (AvgIpc) is 2.71. The number of carbonyl (C=O) groups is 4. The van der Waals surface area contributed by atoms with Crippen LogP contribution in [0.25, 0.3) is 0 Å². The number of hydrogen-bond acceptors (Lipinski definition) is 8. The lowest BCUT2D eigenvalue weighted by Gasteiger charge is -2.38. The molecule has 0 spiro atoms. The van der Waals surface area contributed by atoms with Crippen molar-refractivity contribution in [2.75, 3.05) is 19.3 Å². The van der Waals surface area contributed by atoms with Gasteiger partial charge in [0.05, 0.1) is 17.6 Å². The number of thioether (sulfide) groups is 1. The molecule has 2 rings (SSSR count). The number of nitrogens with one attached hydrogen (secondary N) is 1. The molecule has 28 heavy (non-hydrogen) atoms. The van der Waals surface area contributed by atoms with Crippen molar-refractivity contribution in [3.63, 3.8) is 0 Å². The van der Waals surface area contributed by atoms with Gasteiger partial charge < -0.3 is 15.4 Å². The molecule has 1 aliphatic heterocycles. The predicted octanol–water partition coefficient (Wildman–Crippen LogP) is 1.24. The lowest BCUT2D eigenvalue weighted by Crippen LogP contribution is -2.53. The van der Waals surface area contributed by atoms with E-state index >= 15 is 0 Å². The number of amides is 1. The van der Waals surface area contributed by atoms with Crippen LogP contribution in [0.5, 0.6) is 0 Å². The van der Waals surface area contributed by atoms with Gasteiger partial charge in [-0.05, 0) is 6.26 Å². The Balaban J connectivity index is 0.00000392. The van der Waals surface area contributed by atoms with Crippen LogP contribution in [0.1, 0.15) is 28.8 Å². The standard InChI is InChI=1S/C18H21N3O5S.HI/c1-27-18(20)12-4-2-11(3-5-12)17(25)14-8-13(26-16(24)10-22)6-7-21(14)15(23)9-19;/h2-5,10,13-14,20H,6-9,19H2,1H3;1H. The summed E-state index contributed by atoms with van der Waals surface area (Å²) in [4.78, 5) is 48.2. The van der Waals surface area contributed by atoms with Crippen molar-refractivity contribution in [2.24, 2.45) is 5.73 Å². The average molecular weight is 519 g/mol. The molecule has 3 N–H and O–H groups in total. The molecule has 10 heteroatoms. The maximum atomic E-state index is 13.0. The number of esters is 1. The van der Waals surface area contributed by atoms with E-state index in [1.807, 2.05) is 0 Å². The van der Waals surface area contributed by atoms with Crippen LogP contribution in [-0.2, 0) is 19.1 Å². The van der Waals surface area contributed by atoms with Gasteiger partial charge in [0.2, 0.25) is 12.2 Å². The number of benzene rings is 1. The molecule has 0 aliphatic carbocycles. The Hall–Kier alpha value is -1.79. The number of nitrogens with two attached hydrogens (primary N) is 1. The Bertz CT molecular complexity index is 756. The second-order valence-electron chi connectivity index (χ2n) is 5.98. The summed E-state index contributed by atoms with van der Waals surface area (Å²) < 4.78 is 5.02. The number of aldehydes is 1. The van der Waals surface area contributed by atoms with Crippen LogP contribution in [0.3, 0.4) is 0 Å². The van der Waals surface area contributed by atoms with Crippen molar-refractivity contribution in [3.8, 4) is 0 Å². The fraction of sp³-hybridized carbons (Fsp3) is 0.389. The first-order valence-electron chi connectivity index (χ1n) is 8.33. The molecule has 1 aliphatic rings. The van der Waals surface area contributed by atoms with Crippen LogP contribution in [-0.4, -0.2) is 65.4 Å². The van der Waals surface area contributed by atoms with Crippen LogP contribution < -0.4 is 5.73 Å². The molecule has 2 atom stereocenters. The smallest absolute Gasteiger partial charge is 0.371 e. The first kappa shape index (κ1) is 24.2. The molecular formula is C18H22IN3O5S. The second-order valence-corrected chi connectivity index (χ2v) is 6.80. The minimum absolute atomic E-state index is 0. The van der Waals surface area contributed by atoms with Gasteiger partial charge in [0.15, 0.2) is 5.78 Å². The van der Waals surface area contributed by atoms with Crippen LogP contribution >= 0.6 is 35.7 Å². The molecular weight excluding hydrogens is 497 g/mol. The Morgan fingerprint density at radius 3 is 2.43 bits per heavy atom. The number of carbonyl (C=O) groups excluding carboxylic acids is 4. The van der Waals surface area contributed by atoms with E-state index in [4.69, 9.17) is 15.9 Å². The van der Waals surface area contributed by atoms with E-state index in [1.54, 1.807) is 30.5 Å². The molecule has 0 radical (unpaired) electrons. The zero-order chi connectivity index (χ0) is 20.0. The lowest BCUT2D eigenvalue weighted by atomic mass is 9.92. The molecule has 1 aromatic carbocycles. The number of likely N-dealkylation sites (tertiary alicyclic amines) is 1. The molecule has 152 valence electrons. The quantitative estimate of drug-likeness (QED) is 0.110. The number of Topliss-reactive ketones (excluding diaryl/α,β-unsaturated/α-hetero) is 1. The van der Waals surface area contributed by atoms with Gasteiger partial charge in [-0.2, -0.15) is 0 Å². The number of rotatable bonds is 6. The van der Waals surface area contributed by atoms with Gasteiger partial charge in [-0.1, -0.05) is 24.3 Å². The maximum absolute atomic E-state index is 13.0. The molecule has 1 aromatic rings. The van der Waals surface area contributed by atoms with Crippen molar-refractivity contribution < 1.29 is 23.9 Å². The summed E-state index contributed by atoms with van der Waals surface area (Å²) in [5.41, 5.74) is 6.52. The van der Waals surface area contributed by atoms with E-state index in [2.05, 4.69) is 0 Å². The number of ketones is 1. The minimum atomic E-state index is -0.996. The Morgan fingerprint density at radius 2 is 1.89 bits per heavy atom. The predicted molar refractivity (Wildman–Crippen MR) is 116 cm³/mol. The number of hydrogen-bond donors (Lipinski definition) is 2. The Morgan fingerprint density at radius 1 is 1.29 bits per heavy atom. The third-order valence-electron chi connectivity index (χ3n) is 4.37. The zero-order valence-electron chi connectivity index (χ0n) is 15.3. The van der Waals surface area contributed by atoms with E-state index in [9.17, 15) is 19.2 Å². The highest BCUT2D eigenvalue weighted by Gasteiger charge is 2.37. The van der Waals surface area contributed by atoms with Crippen LogP contribution in [0.15, 0.2) is 24.3 Å². The Kier molecular flexibility index (Phi) is 9.76. The van der Waals surface area contributed by atoms with Crippen molar-refractivity contribution >= 4 is 64.7 Å². The SMILES string of the molecule is CSC(=N)c1ccc(C(=O)C2CC(OC(=O)C=O)CCN2C(=O)CN)cc1.I. The van der Waals surface area contributed by atoms with E-state index in [0.717, 1.165) is 0 Å². The number of piperidine rings is 1. The monoisotopic (exact) mass is 519 g/mol. The third kappa shape index (κ3) is 5.85. The van der Waals surface area contributed by atoms with Gasteiger partial charge in [0.1, 0.15) is 6.10 Å². The van der Waals surface area contributed by atoms with Gasteiger partial charge in [0, 0.05) is 30.5 Å². The lowest BCUT2D eigenvalue weighted by molar-refractivity contribution is -0.156. The fourth-order valence-corrected chi connectivity index (χ4v) is 3.36. The molecule has 0 saturated carbocycles. The number of nitrogens with zero attached hydrogens (tertiary/aromatic N) is 1. The van der Waals surface area contributed by atoms with Crippen molar-refractivity contribution in [1.29, 1.82) is 5.41 Å². The molecule has 1 saturated heterocycles. The summed E-state index contributed by atoms with van der Waals surface area (Å²) in [6, 6.07) is 5.73. The summed E-state index contributed by atoms with van der Waals surface area (Å²) in [6.45, 7) is -0.0230. The second kappa shape index (κ2) is 11.3. The number of ether oxygens (including phenoxy) is 1. The molecule has 1 amide bonds. The largest absolute Gasteiger partial charge is 0.457 e. The van der Waals surface area contributed by atoms with Crippen LogP contribution in [0, 0.1) is 5.41 Å². The summed E-state index contributed by atoms with van der Waals surface area (Å²) >= 11 is 1.29.